The van der Waals surface area contributed by atoms with Gasteiger partial charge in [0.25, 0.3) is 0 Å². The predicted octanol–water partition coefficient (Wildman–Crippen LogP) is 0.685. The van der Waals surface area contributed by atoms with Gasteiger partial charge in [0.05, 0.1) is 25.3 Å². The number of aliphatic imine (C=N–C) groups is 2. The molecule has 0 aromatic rings. The van der Waals surface area contributed by atoms with Crippen LogP contribution in [0.5, 0.6) is 0 Å². The van der Waals surface area contributed by atoms with Crippen LogP contribution < -0.4 is 0 Å². The molecule has 2 fully saturated rings. The summed E-state index contributed by atoms with van der Waals surface area (Å²) in [5.41, 5.74) is 0. The SMILES string of the molecule is O=C=NCC1CCC(OC2CCC(CN=C=O)O2)O1. The van der Waals surface area contributed by atoms with E-state index in [-0.39, 0.29) is 24.8 Å². The minimum Gasteiger partial charge on any atom is -0.347 e. The Morgan fingerprint density at radius 2 is 1.37 bits per heavy atom. The van der Waals surface area contributed by atoms with E-state index in [1.165, 1.54) is 12.2 Å². The average Bonchev–Trinajstić information content (AvgIpc) is 3.04. The molecule has 0 bridgehead atoms. The smallest absolute Gasteiger partial charge is 0.235 e. The quantitative estimate of drug-likeness (QED) is 0.522. The second kappa shape index (κ2) is 7.28. The molecule has 0 spiro atoms. The van der Waals surface area contributed by atoms with Gasteiger partial charge < -0.3 is 14.2 Å². The Morgan fingerprint density at radius 1 is 0.895 bits per heavy atom. The first-order valence-corrected chi connectivity index (χ1v) is 6.35. The number of isocyanates is 2. The first-order chi connectivity index (χ1) is 9.31. The molecule has 19 heavy (non-hydrogen) atoms. The Hall–Kier alpha value is -1.36. The molecule has 7 heteroatoms. The largest absolute Gasteiger partial charge is 0.347 e. The van der Waals surface area contributed by atoms with E-state index >= 15 is 0 Å². The van der Waals surface area contributed by atoms with E-state index in [1.54, 1.807) is 0 Å². The lowest BCUT2D eigenvalue weighted by molar-refractivity contribution is -0.230. The van der Waals surface area contributed by atoms with Crippen molar-refractivity contribution in [1.82, 2.24) is 0 Å². The van der Waals surface area contributed by atoms with Crippen molar-refractivity contribution in [3.8, 4) is 0 Å². The summed E-state index contributed by atoms with van der Waals surface area (Å²) in [6, 6.07) is 0. The van der Waals surface area contributed by atoms with Gasteiger partial charge in [-0.2, -0.15) is 0 Å². The molecule has 2 heterocycles. The monoisotopic (exact) mass is 268 g/mol. The summed E-state index contributed by atoms with van der Waals surface area (Å²) in [7, 11) is 0. The van der Waals surface area contributed by atoms with Crippen molar-refractivity contribution in [2.75, 3.05) is 13.1 Å². The van der Waals surface area contributed by atoms with Gasteiger partial charge in [-0.1, -0.05) is 0 Å². The normalized spacial score (nSPS) is 33.7. The molecule has 2 aliphatic rings. The molecule has 0 aromatic carbocycles. The number of ether oxygens (including phenoxy) is 3. The van der Waals surface area contributed by atoms with Crippen LogP contribution in [0.1, 0.15) is 25.7 Å². The molecule has 0 N–H and O–H groups in total. The Labute approximate surface area is 110 Å². The number of hydrogen-bond acceptors (Lipinski definition) is 7. The lowest BCUT2D eigenvalue weighted by Gasteiger charge is -2.18. The summed E-state index contributed by atoms with van der Waals surface area (Å²) in [4.78, 5) is 27.0. The average molecular weight is 268 g/mol. The van der Waals surface area contributed by atoms with Gasteiger partial charge in [-0.3, -0.25) is 0 Å². The number of nitrogens with zero attached hydrogens (tertiary/aromatic N) is 2. The number of carbonyl (C=O) groups excluding carboxylic acids is 2. The lowest BCUT2D eigenvalue weighted by atomic mass is 10.2. The minimum atomic E-state index is -0.315. The van der Waals surface area contributed by atoms with Crippen LogP contribution in [0.4, 0.5) is 0 Å². The van der Waals surface area contributed by atoms with Crippen molar-refractivity contribution in [1.29, 1.82) is 0 Å². The van der Waals surface area contributed by atoms with Gasteiger partial charge in [0.1, 0.15) is 0 Å². The standard InChI is InChI=1S/C12H16N2O5/c15-7-13-5-9-1-3-11(17-9)19-12-4-2-10(18-12)6-14-8-16/h9-12H,1-6H2. The molecule has 4 unspecified atom stereocenters. The molecule has 7 nitrogen and oxygen atoms in total. The molecule has 0 saturated carbocycles. The molecule has 2 aliphatic heterocycles. The summed E-state index contributed by atoms with van der Waals surface area (Å²) in [6.07, 6.45) is 5.34. The maximum atomic E-state index is 10.0. The van der Waals surface area contributed by atoms with E-state index in [0.717, 1.165) is 25.7 Å². The molecular weight excluding hydrogens is 252 g/mol. The second-order valence-corrected chi connectivity index (χ2v) is 4.53. The Morgan fingerprint density at radius 3 is 1.79 bits per heavy atom. The van der Waals surface area contributed by atoms with Crippen molar-refractivity contribution in [2.45, 2.75) is 50.5 Å². The van der Waals surface area contributed by atoms with Gasteiger partial charge >= 0.3 is 0 Å². The van der Waals surface area contributed by atoms with Crippen LogP contribution in [0.15, 0.2) is 9.98 Å². The molecule has 0 amide bonds. The third-order valence-electron chi connectivity index (χ3n) is 3.16. The molecular formula is C12H16N2O5. The second-order valence-electron chi connectivity index (χ2n) is 4.53. The summed E-state index contributed by atoms with van der Waals surface area (Å²) in [5.74, 6) is 0. The molecule has 0 radical (unpaired) electrons. The highest BCUT2D eigenvalue weighted by Crippen LogP contribution is 2.27. The first kappa shape index (κ1) is 14.1. The van der Waals surface area contributed by atoms with Gasteiger partial charge in [-0.25, -0.2) is 19.6 Å². The van der Waals surface area contributed by atoms with E-state index in [0.29, 0.717) is 13.1 Å². The van der Waals surface area contributed by atoms with E-state index in [4.69, 9.17) is 14.2 Å². The topological polar surface area (TPSA) is 86.6 Å². The zero-order chi connectivity index (χ0) is 13.5. The summed E-state index contributed by atoms with van der Waals surface area (Å²) >= 11 is 0. The van der Waals surface area contributed by atoms with Gasteiger partial charge in [0, 0.05) is 12.8 Å². The predicted molar refractivity (Wildman–Crippen MR) is 62.9 cm³/mol. The first-order valence-electron chi connectivity index (χ1n) is 6.35. The van der Waals surface area contributed by atoms with Crippen LogP contribution in [0.2, 0.25) is 0 Å². The summed E-state index contributed by atoms with van der Waals surface area (Å²) in [6.45, 7) is 0.650. The Bertz CT molecular complexity index is 354. The molecule has 104 valence electrons. The molecule has 4 atom stereocenters. The van der Waals surface area contributed by atoms with Crippen molar-refractivity contribution < 1.29 is 23.8 Å². The third-order valence-corrected chi connectivity index (χ3v) is 3.16. The van der Waals surface area contributed by atoms with Crippen molar-refractivity contribution >= 4 is 12.2 Å². The Balaban J connectivity index is 1.68. The fourth-order valence-electron chi connectivity index (χ4n) is 2.26. The molecule has 2 saturated heterocycles. The Kier molecular flexibility index (Phi) is 5.39. The van der Waals surface area contributed by atoms with Crippen LogP contribution >= 0.6 is 0 Å². The van der Waals surface area contributed by atoms with E-state index in [9.17, 15) is 9.59 Å². The van der Waals surface area contributed by atoms with Gasteiger partial charge in [0.15, 0.2) is 12.6 Å². The fourth-order valence-corrected chi connectivity index (χ4v) is 2.26. The van der Waals surface area contributed by atoms with Crippen molar-refractivity contribution in [2.24, 2.45) is 9.98 Å². The van der Waals surface area contributed by atoms with E-state index in [2.05, 4.69) is 9.98 Å². The van der Waals surface area contributed by atoms with Crippen molar-refractivity contribution in [3.05, 3.63) is 0 Å². The number of hydrogen-bond donors (Lipinski definition) is 0. The van der Waals surface area contributed by atoms with Crippen LogP contribution in [-0.4, -0.2) is 50.0 Å². The van der Waals surface area contributed by atoms with Gasteiger partial charge in [-0.15, -0.1) is 0 Å². The fraction of sp³-hybridized carbons (Fsp3) is 0.833. The number of rotatable bonds is 6. The highest BCUT2D eigenvalue weighted by atomic mass is 16.8. The van der Waals surface area contributed by atoms with Gasteiger partial charge in [0.2, 0.25) is 12.2 Å². The zero-order valence-corrected chi connectivity index (χ0v) is 10.5. The van der Waals surface area contributed by atoms with E-state index < -0.39 is 0 Å². The van der Waals surface area contributed by atoms with Crippen LogP contribution in [0.3, 0.4) is 0 Å². The highest BCUT2D eigenvalue weighted by molar-refractivity contribution is 5.33. The summed E-state index contributed by atoms with van der Waals surface area (Å²) in [5, 5.41) is 0. The maximum absolute atomic E-state index is 10.0. The molecule has 0 aromatic heterocycles. The van der Waals surface area contributed by atoms with Crippen LogP contribution in [0.25, 0.3) is 0 Å². The van der Waals surface area contributed by atoms with E-state index in [1.807, 2.05) is 0 Å². The third kappa shape index (κ3) is 4.35. The summed E-state index contributed by atoms with van der Waals surface area (Å²) < 4.78 is 16.8. The minimum absolute atomic E-state index is 0.0803. The lowest BCUT2D eigenvalue weighted by Crippen LogP contribution is -2.24. The zero-order valence-electron chi connectivity index (χ0n) is 10.5. The van der Waals surface area contributed by atoms with Crippen molar-refractivity contribution in [3.63, 3.8) is 0 Å². The van der Waals surface area contributed by atoms with Crippen LogP contribution in [-0.2, 0) is 23.8 Å². The van der Waals surface area contributed by atoms with Gasteiger partial charge in [-0.05, 0) is 12.8 Å². The maximum Gasteiger partial charge on any atom is 0.235 e. The molecule has 2 rings (SSSR count). The molecule has 0 aliphatic carbocycles. The van der Waals surface area contributed by atoms with Crippen LogP contribution in [0, 0.1) is 0 Å². The highest BCUT2D eigenvalue weighted by Gasteiger charge is 2.32.